The van der Waals surface area contributed by atoms with E-state index in [2.05, 4.69) is 5.43 Å². The zero-order chi connectivity index (χ0) is 11.1. The van der Waals surface area contributed by atoms with E-state index >= 15 is 0 Å². The number of nitrogens with two attached hydrogens (primary N) is 1. The highest BCUT2D eigenvalue weighted by Crippen LogP contribution is 2.27. The van der Waals surface area contributed by atoms with Gasteiger partial charge in [0.25, 0.3) is 0 Å². The van der Waals surface area contributed by atoms with Crippen LogP contribution in [0.4, 0.5) is 0 Å². The summed E-state index contributed by atoms with van der Waals surface area (Å²) in [7, 11) is 3.32. The van der Waals surface area contributed by atoms with Crippen LogP contribution in [-0.2, 0) is 9.47 Å². The van der Waals surface area contributed by atoms with Gasteiger partial charge < -0.3 is 9.47 Å². The monoisotopic (exact) mass is 216 g/mol. The van der Waals surface area contributed by atoms with Gasteiger partial charge >= 0.3 is 0 Å². The summed E-state index contributed by atoms with van der Waals surface area (Å²) in [6.07, 6.45) is 7.48. The van der Waals surface area contributed by atoms with Crippen LogP contribution in [0.3, 0.4) is 0 Å². The third-order valence-corrected chi connectivity index (χ3v) is 3.36. The highest BCUT2D eigenvalue weighted by molar-refractivity contribution is 4.79. The Balaban J connectivity index is 2.53. The van der Waals surface area contributed by atoms with E-state index in [1.165, 1.54) is 38.5 Å². The Morgan fingerprint density at radius 1 is 1.07 bits per heavy atom. The molecule has 1 saturated carbocycles. The molecule has 0 aromatic rings. The molecule has 1 atom stereocenters. The van der Waals surface area contributed by atoms with Gasteiger partial charge in [0.1, 0.15) is 0 Å². The van der Waals surface area contributed by atoms with Gasteiger partial charge in [0.05, 0.1) is 6.04 Å². The Morgan fingerprint density at radius 3 is 2.00 bits per heavy atom. The van der Waals surface area contributed by atoms with Crippen LogP contribution < -0.4 is 11.3 Å². The lowest BCUT2D eigenvalue weighted by atomic mass is 9.92. The van der Waals surface area contributed by atoms with Crippen molar-refractivity contribution >= 4 is 0 Å². The van der Waals surface area contributed by atoms with Gasteiger partial charge in [-0.25, -0.2) is 0 Å². The van der Waals surface area contributed by atoms with Crippen molar-refractivity contribution in [3.8, 4) is 0 Å². The molecule has 0 aromatic carbocycles. The fourth-order valence-corrected chi connectivity index (χ4v) is 2.50. The number of hydrogen-bond acceptors (Lipinski definition) is 4. The highest BCUT2D eigenvalue weighted by atomic mass is 16.7. The topological polar surface area (TPSA) is 56.5 Å². The quantitative estimate of drug-likeness (QED) is 0.316. The molecule has 1 rings (SSSR count). The van der Waals surface area contributed by atoms with E-state index in [4.69, 9.17) is 15.3 Å². The van der Waals surface area contributed by atoms with Crippen molar-refractivity contribution in [2.24, 2.45) is 11.8 Å². The maximum absolute atomic E-state index is 5.60. The number of rotatable bonds is 5. The van der Waals surface area contributed by atoms with Gasteiger partial charge in [0.2, 0.25) is 0 Å². The lowest BCUT2D eigenvalue weighted by Crippen LogP contribution is -2.50. The lowest BCUT2D eigenvalue weighted by Gasteiger charge is -2.30. The summed E-state index contributed by atoms with van der Waals surface area (Å²) in [5, 5.41) is 0. The van der Waals surface area contributed by atoms with Crippen molar-refractivity contribution in [2.45, 2.75) is 50.9 Å². The predicted molar refractivity (Wildman–Crippen MR) is 60.1 cm³/mol. The highest BCUT2D eigenvalue weighted by Gasteiger charge is 2.29. The van der Waals surface area contributed by atoms with Crippen LogP contribution in [0, 0.1) is 5.92 Å². The minimum atomic E-state index is -0.238. The number of nitrogens with one attached hydrogen (secondary N) is 1. The predicted octanol–water partition coefficient (Wildman–Crippen LogP) is 1.41. The van der Waals surface area contributed by atoms with Gasteiger partial charge in [-0.2, -0.15) is 0 Å². The van der Waals surface area contributed by atoms with Crippen LogP contribution in [0.1, 0.15) is 38.5 Å². The van der Waals surface area contributed by atoms with E-state index in [9.17, 15) is 0 Å². The number of methoxy groups -OCH3 is 2. The SMILES string of the molecule is COC(OC)C(NN)C1CCCCCC1. The Kier molecular flexibility index (Phi) is 6.17. The van der Waals surface area contributed by atoms with Crippen LogP contribution in [-0.4, -0.2) is 26.6 Å². The smallest absolute Gasteiger partial charge is 0.173 e. The third-order valence-electron chi connectivity index (χ3n) is 3.36. The van der Waals surface area contributed by atoms with Gasteiger partial charge in [-0.1, -0.05) is 25.7 Å². The summed E-state index contributed by atoms with van der Waals surface area (Å²) >= 11 is 0. The average molecular weight is 216 g/mol. The third kappa shape index (κ3) is 3.72. The summed E-state index contributed by atoms with van der Waals surface area (Å²) in [5.74, 6) is 6.17. The van der Waals surface area contributed by atoms with Crippen LogP contribution in [0.25, 0.3) is 0 Å². The summed E-state index contributed by atoms with van der Waals surface area (Å²) in [4.78, 5) is 0. The zero-order valence-corrected chi connectivity index (χ0v) is 9.87. The molecule has 3 N–H and O–H groups in total. The molecule has 15 heavy (non-hydrogen) atoms. The van der Waals surface area contributed by atoms with Gasteiger partial charge in [0, 0.05) is 14.2 Å². The van der Waals surface area contributed by atoms with Gasteiger partial charge in [-0.05, 0) is 18.8 Å². The second-order valence-corrected chi connectivity index (χ2v) is 4.28. The maximum Gasteiger partial charge on any atom is 0.173 e. The van der Waals surface area contributed by atoms with Crippen molar-refractivity contribution in [1.82, 2.24) is 5.43 Å². The summed E-state index contributed by atoms with van der Waals surface area (Å²) in [6.45, 7) is 0. The second kappa shape index (κ2) is 7.17. The van der Waals surface area contributed by atoms with Crippen molar-refractivity contribution in [3.05, 3.63) is 0 Å². The average Bonchev–Trinajstić information content (AvgIpc) is 2.54. The van der Waals surface area contributed by atoms with Crippen molar-refractivity contribution in [2.75, 3.05) is 14.2 Å². The molecule has 0 bridgehead atoms. The number of ether oxygens (including phenoxy) is 2. The molecule has 4 heteroatoms. The molecule has 0 aliphatic heterocycles. The molecule has 1 fully saturated rings. The van der Waals surface area contributed by atoms with Crippen LogP contribution >= 0.6 is 0 Å². The Hall–Kier alpha value is -0.160. The molecule has 4 nitrogen and oxygen atoms in total. The molecule has 0 radical (unpaired) electrons. The van der Waals surface area contributed by atoms with Crippen LogP contribution in [0.5, 0.6) is 0 Å². The Bertz CT molecular complexity index is 155. The molecule has 0 aromatic heterocycles. The van der Waals surface area contributed by atoms with Crippen molar-refractivity contribution < 1.29 is 9.47 Å². The molecule has 0 saturated heterocycles. The zero-order valence-electron chi connectivity index (χ0n) is 9.87. The molecule has 0 spiro atoms. The van der Waals surface area contributed by atoms with Crippen LogP contribution in [0.2, 0.25) is 0 Å². The first kappa shape index (κ1) is 12.9. The first-order valence-corrected chi connectivity index (χ1v) is 5.85. The second-order valence-electron chi connectivity index (χ2n) is 4.28. The Morgan fingerprint density at radius 2 is 1.60 bits per heavy atom. The molecule has 1 aliphatic rings. The first-order valence-electron chi connectivity index (χ1n) is 5.85. The molecular formula is C11H24N2O2. The van der Waals surface area contributed by atoms with Gasteiger partial charge in [-0.15, -0.1) is 0 Å². The number of hydrazine groups is 1. The lowest BCUT2D eigenvalue weighted by molar-refractivity contribution is -0.134. The van der Waals surface area contributed by atoms with Crippen molar-refractivity contribution in [3.63, 3.8) is 0 Å². The summed E-state index contributed by atoms with van der Waals surface area (Å²) < 4.78 is 10.6. The maximum atomic E-state index is 5.60. The minimum Gasteiger partial charge on any atom is -0.354 e. The largest absolute Gasteiger partial charge is 0.354 e. The van der Waals surface area contributed by atoms with Gasteiger partial charge in [-0.3, -0.25) is 11.3 Å². The normalized spacial score (nSPS) is 21.6. The van der Waals surface area contributed by atoms with E-state index in [-0.39, 0.29) is 12.3 Å². The molecular weight excluding hydrogens is 192 g/mol. The van der Waals surface area contributed by atoms with Crippen LogP contribution in [0.15, 0.2) is 0 Å². The van der Waals surface area contributed by atoms with Crippen molar-refractivity contribution in [1.29, 1.82) is 0 Å². The molecule has 1 unspecified atom stereocenters. The number of hydrogen-bond donors (Lipinski definition) is 2. The summed E-state index contributed by atoms with van der Waals surface area (Å²) in [5.41, 5.74) is 2.85. The van der Waals surface area contributed by atoms with E-state index in [1.807, 2.05) is 0 Å². The first-order chi connectivity index (χ1) is 7.33. The summed E-state index contributed by atoms with van der Waals surface area (Å²) in [6, 6.07) is 0.109. The fourth-order valence-electron chi connectivity index (χ4n) is 2.50. The fraction of sp³-hybridized carbons (Fsp3) is 1.00. The Labute approximate surface area is 92.5 Å². The molecule has 0 heterocycles. The standard InChI is InChI=1S/C11H24N2O2/c1-14-11(15-2)10(13-12)9-7-5-3-4-6-8-9/h9-11,13H,3-8,12H2,1-2H3. The molecule has 0 amide bonds. The van der Waals surface area contributed by atoms with E-state index in [0.29, 0.717) is 5.92 Å². The van der Waals surface area contributed by atoms with E-state index in [0.717, 1.165) is 0 Å². The van der Waals surface area contributed by atoms with E-state index < -0.39 is 0 Å². The van der Waals surface area contributed by atoms with E-state index in [1.54, 1.807) is 14.2 Å². The van der Waals surface area contributed by atoms with Gasteiger partial charge in [0.15, 0.2) is 6.29 Å². The minimum absolute atomic E-state index is 0.109. The molecule has 1 aliphatic carbocycles. The molecule has 90 valence electrons.